The SMILES string of the molecule is Cc1cc[nH]c(=O)c1-c1nc(N2CCN(C(=O)N3N=CCC3c3cc(F)cc(C#N)c3)CC2)ncc1F. The van der Waals surface area contributed by atoms with Crippen molar-refractivity contribution in [2.24, 2.45) is 5.10 Å². The van der Waals surface area contributed by atoms with Crippen molar-refractivity contribution < 1.29 is 13.6 Å². The van der Waals surface area contributed by atoms with Crippen molar-refractivity contribution in [2.45, 2.75) is 19.4 Å². The van der Waals surface area contributed by atoms with Crippen LogP contribution in [0.1, 0.15) is 29.2 Å². The number of urea groups is 1. The van der Waals surface area contributed by atoms with Gasteiger partial charge in [0, 0.05) is 45.0 Å². The van der Waals surface area contributed by atoms with Crippen LogP contribution in [0.2, 0.25) is 0 Å². The summed E-state index contributed by atoms with van der Waals surface area (Å²) in [5, 5.41) is 14.7. The van der Waals surface area contributed by atoms with E-state index in [2.05, 4.69) is 20.1 Å². The van der Waals surface area contributed by atoms with E-state index < -0.39 is 23.2 Å². The maximum Gasteiger partial charge on any atom is 0.341 e. The fourth-order valence-electron chi connectivity index (χ4n) is 4.54. The fraction of sp³-hybridized carbons (Fsp3) is 0.280. The number of aryl methyl sites for hydroxylation is 1. The van der Waals surface area contributed by atoms with Crippen LogP contribution < -0.4 is 10.5 Å². The molecule has 1 aromatic carbocycles. The van der Waals surface area contributed by atoms with Gasteiger partial charge in [0.05, 0.1) is 29.4 Å². The Hall–Kier alpha value is -4.66. The van der Waals surface area contributed by atoms with Gasteiger partial charge in [0.15, 0.2) is 5.82 Å². The molecule has 188 valence electrons. The van der Waals surface area contributed by atoms with Crippen LogP contribution in [0.5, 0.6) is 0 Å². The first-order valence-electron chi connectivity index (χ1n) is 11.6. The Kier molecular flexibility index (Phi) is 6.35. The minimum absolute atomic E-state index is 0.0797. The largest absolute Gasteiger partial charge is 0.341 e. The van der Waals surface area contributed by atoms with Crippen LogP contribution in [0.3, 0.4) is 0 Å². The molecule has 1 saturated heterocycles. The number of nitrogens with zero attached hydrogens (tertiary/aromatic N) is 7. The maximum absolute atomic E-state index is 14.6. The molecule has 4 heterocycles. The fourth-order valence-corrected chi connectivity index (χ4v) is 4.54. The number of H-pyrrole nitrogens is 1. The predicted octanol–water partition coefficient (Wildman–Crippen LogP) is 2.97. The molecule has 0 bridgehead atoms. The van der Waals surface area contributed by atoms with Crippen molar-refractivity contribution in [3.05, 3.63) is 75.3 Å². The molecule has 0 aliphatic carbocycles. The predicted molar refractivity (Wildman–Crippen MR) is 131 cm³/mol. The van der Waals surface area contributed by atoms with E-state index in [1.165, 1.54) is 17.3 Å². The normalized spacial score (nSPS) is 17.2. The van der Waals surface area contributed by atoms with E-state index in [-0.39, 0.29) is 28.8 Å². The average molecular weight is 505 g/mol. The van der Waals surface area contributed by atoms with Crippen LogP contribution in [0.25, 0.3) is 11.3 Å². The molecule has 37 heavy (non-hydrogen) atoms. The molecule has 12 heteroatoms. The zero-order valence-corrected chi connectivity index (χ0v) is 19.9. The van der Waals surface area contributed by atoms with Crippen molar-refractivity contribution in [3.8, 4) is 17.3 Å². The standard InChI is InChI=1S/C25H22F2N8O2/c1-15-2-4-29-23(36)21(15)22-19(27)14-30-24(32-22)33-6-8-34(9-7-33)25(37)35-20(3-5-31-35)17-10-16(13-28)11-18(26)12-17/h2,4-5,10-12,14,20H,3,6-9H2,1H3,(H,29,36). The molecule has 1 fully saturated rings. The molecule has 2 aliphatic heterocycles. The molecule has 3 aromatic rings. The summed E-state index contributed by atoms with van der Waals surface area (Å²) < 4.78 is 28.6. The number of halogens is 2. The molecule has 10 nitrogen and oxygen atoms in total. The van der Waals surface area contributed by atoms with E-state index in [4.69, 9.17) is 5.26 Å². The molecule has 5 rings (SSSR count). The van der Waals surface area contributed by atoms with Gasteiger partial charge in [-0.05, 0) is 42.3 Å². The van der Waals surface area contributed by atoms with Crippen molar-refractivity contribution in [2.75, 3.05) is 31.1 Å². The van der Waals surface area contributed by atoms with Gasteiger partial charge in [0.1, 0.15) is 11.5 Å². The number of hydrogen-bond acceptors (Lipinski definition) is 7. The van der Waals surface area contributed by atoms with Crippen LogP contribution in [0.15, 0.2) is 46.6 Å². The highest BCUT2D eigenvalue weighted by molar-refractivity contribution is 5.79. The number of amides is 2. The topological polar surface area (TPSA) is 122 Å². The van der Waals surface area contributed by atoms with Gasteiger partial charge in [-0.2, -0.15) is 10.4 Å². The molecule has 2 aromatic heterocycles. The number of nitriles is 1. The molecule has 0 radical (unpaired) electrons. The Morgan fingerprint density at radius 3 is 2.70 bits per heavy atom. The number of anilines is 1. The van der Waals surface area contributed by atoms with Gasteiger partial charge in [0.2, 0.25) is 5.95 Å². The lowest BCUT2D eigenvalue weighted by molar-refractivity contribution is 0.139. The van der Waals surface area contributed by atoms with Gasteiger partial charge >= 0.3 is 6.03 Å². The molecule has 1 atom stereocenters. The number of rotatable bonds is 3. The number of aromatic nitrogens is 3. The highest BCUT2D eigenvalue weighted by Crippen LogP contribution is 2.31. The summed E-state index contributed by atoms with van der Waals surface area (Å²) in [4.78, 5) is 40.0. The molecular formula is C25H22F2N8O2. The number of hydrogen-bond donors (Lipinski definition) is 1. The minimum atomic E-state index is -0.702. The summed E-state index contributed by atoms with van der Waals surface area (Å²) in [6.07, 6.45) is 4.53. The lowest BCUT2D eigenvalue weighted by Gasteiger charge is -2.37. The highest BCUT2D eigenvalue weighted by atomic mass is 19.1. The number of piperazine rings is 1. The van der Waals surface area contributed by atoms with Crippen molar-refractivity contribution in [1.29, 1.82) is 5.26 Å². The third kappa shape index (κ3) is 4.63. The zero-order valence-electron chi connectivity index (χ0n) is 19.9. The number of aromatic amines is 1. The number of carbonyl (C=O) groups excluding carboxylic acids is 1. The van der Waals surface area contributed by atoms with Crippen molar-refractivity contribution in [1.82, 2.24) is 24.9 Å². The summed E-state index contributed by atoms with van der Waals surface area (Å²) in [5.74, 6) is -0.993. The molecule has 0 spiro atoms. The Bertz CT molecular complexity index is 1490. The van der Waals surface area contributed by atoms with E-state index in [0.29, 0.717) is 43.7 Å². The summed E-state index contributed by atoms with van der Waals surface area (Å²) >= 11 is 0. The minimum Gasteiger partial charge on any atom is -0.337 e. The number of pyridine rings is 1. The van der Waals surface area contributed by atoms with Crippen LogP contribution in [0, 0.1) is 29.9 Å². The lowest BCUT2D eigenvalue weighted by atomic mass is 10.0. The summed E-state index contributed by atoms with van der Waals surface area (Å²) in [5.41, 5.74) is 0.883. The van der Waals surface area contributed by atoms with E-state index >= 15 is 0 Å². The molecule has 2 amide bonds. The quantitative estimate of drug-likeness (QED) is 0.585. The Labute approximate surface area is 210 Å². The second-order valence-electron chi connectivity index (χ2n) is 8.77. The highest BCUT2D eigenvalue weighted by Gasteiger charge is 2.34. The molecular weight excluding hydrogens is 482 g/mol. The van der Waals surface area contributed by atoms with Gasteiger partial charge < -0.3 is 14.8 Å². The third-order valence-corrected chi connectivity index (χ3v) is 6.43. The molecule has 1 unspecified atom stereocenters. The summed E-state index contributed by atoms with van der Waals surface area (Å²) in [7, 11) is 0. The first-order chi connectivity index (χ1) is 17.9. The number of benzene rings is 1. The molecule has 0 saturated carbocycles. The second kappa shape index (κ2) is 9.77. The van der Waals surface area contributed by atoms with Gasteiger partial charge in [0.25, 0.3) is 5.56 Å². The van der Waals surface area contributed by atoms with Gasteiger partial charge in [-0.3, -0.25) is 4.79 Å². The second-order valence-corrected chi connectivity index (χ2v) is 8.77. The summed E-state index contributed by atoms with van der Waals surface area (Å²) in [6.45, 7) is 3.11. The number of nitrogens with one attached hydrogen (secondary N) is 1. The third-order valence-electron chi connectivity index (χ3n) is 6.43. The van der Waals surface area contributed by atoms with Gasteiger partial charge in [-0.25, -0.2) is 28.6 Å². The van der Waals surface area contributed by atoms with Crippen LogP contribution in [-0.4, -0.2) is 63.3 Å². The van der Waals surface area contributed by atoms with Gasteiger partial charge in [-0.1, -0.05) is 0 Å². The van der Waals surface area contributed by atoms with Crippen LogP contribution in [-0.2, 0) is 0 Å². The lowest BCUT2D eigenvalue weighted by Crippen LogP contribution is -2.52. The molecule has 2 aliphatic rings. The molecule has 1 N–H and O–H groups in total. The van der Waals surface area contributed by atoms with Crippen LogP contribution in [0.4, 0.5) is 19.5 Å². The van der Waals surface area contributed by atoms with E-state index in [1.54, 1.807) is 30.2 Å². The number of carbonyl (C=O) groups is 1. The summed E-state index contributed by atoms with van der Waals surface area (Å²) in [6, 6.07) is 6.75. The monoisotopic (exact) mass is 504 g/mol. The zero-order chi connectivity index (χ0) is 26.1. The Morgan fingerprint density at radius 2 is 1.97 bits per heavy atom. The Balaban J connectivity index is 1.30. The Morgan fingerprint density at radius 1 is 1.19 bits per heavy atom. The van der Waals surface area contributed by atoms with E-state index in [0.717, 1.165) is 12.3 Å². The van der Waals surface area contributed by atoms with E-state index in [1.807, 2.05) is 11.0 Å². The number of hydrazone groups is 1. The smallest absolute Gasteiger partial charge is 0.337 e. The van der Waals surface area contributed by atoms with E-state index in [9.17, 15) is 18.4 Å². The first kappa shape index (κ1) is 24.1. The maximum atomic E-state index is 14.6. The first-order valence-corrected chi connectivity index (χ1v) is 11.6. The van der Waals surface area contributed by atoms with Crippen LogP contribution >= 0.6 is 0 Å². The van der Waals surface area contributed by atoms with Crippen molar-refractivity contribution in [3.63, 3.8) is 0 Å². The van der Waals surface area contributed by atoms with Crippen molar-refractivity contribution >= 4 is 18.2 Å². The van der Waals surface area contributed by atoms with Gasteiger partial charge in [-0.15, -0.1) is 0 Å². The average Bonchev–Trinajstić information content (AvgIpc) is 3.39.